The van der Waals surface area contributed by atoms with Gasteiger partial charge in [-0.1, -0.05) is 35.3 Å². The van der Waals surface area contributed by atoms with Gasteiger partial charge in [0.15, 0.2) is 5.75 Å². The molecule has 0 saturated carbocycles. The summed E-state index contributed by atoms with van der Waals surface area (Å²) in [4.78, 5) is 1.14. The SMILES string of the molecule is Clc1cccc(Cl)c1OCc1cccs1. The predicted octanol–water partition coefficient (Wildman–Crippen LogP) is 4.63. The number of halogens is 2. The molecule has 0 bridgehead atoms. The van der Waals surface area contributed by atoms with E-state index >= 15 is 0 Å². The molecule has 0 N–H and O–H groups in total. The Bertz CT molecular complexity index is 420. The Kier molecular flexibility index (Phi) is 3.52. The van der Waals surface area contributed by atoms with Crippen LogP contribution in [0.2, 0.25) is 10.0 Å². The molecule has 2 rings (SSSR count). The summed E-state index contributed by atoms with van der Waals surface area (Å²) >= 11 is 13.6. The van der Waals surface area contributed by atoms with E-state index in [0.29, 0.717) is 22.4 Å². The van der Waals surface area contributed by atoms with Crippen molar-refractivity contribution in [2.75, 3.05) is 0 Å². The van der Waals surface area contributed by atoms with E-state index in [1.54, 1.807) is 29.5 Å². The molecule has 1 heterocycles. The lowest BCUT2D eigenvalue weighted by Crippen LogP contribution is -1.94. The monoisotopic (exact) mass is 258 g/mol. The second-order valence-electron chi connectivity index (χ2n) is 2.92. The zero-order valence-corrected chi connectivity index (χ0v) is 10.1. The quantitative estimate of drug-likeness (QED) is 0.780. The number of benzene rings is 1. The third-order valence-electron chi connectivity index (χ3n) is 1.86. The smallest absolute Gasteiger partial charge is 0.157 e. The molecule has 1 aromatic heterocycles. The summed E-state index contributed by atoms with van der Waals surface area (Å²) in [5.41, 5.74) is 0. The second kappa shape index (κ2) is 4.88. The lowest BCUT2D eigenvalue weighted by Gasteiger charge is -2.08. The number of thiophene rings is 1. The number of ether oxygens (including phenoxy) is 1. The van der Waals surface area contributed by atoms with Gasteiger partial charge in [-0.15, -0.1) is 11.3 Å². The van der Waals surface area contributed by atoms with Gasteiger partial charge in [0.05, 0.1) is 10.0 Å². The summed E-state index contributed by atoms with van der Waals surface area (Å²) < 4.78 is 5.56. The van der Waals surface area contributed by atoms with E-state index < -0.39 is 0 Å². The van der Waals surface area contributed by atoms with E-state index in [9.17, 15) is 0 Å². The fourth-order valence-electron chi connectivity index (χ4n) is 1.16. The molecule has 0 spiro atoms. The summed E-state index contributed by atoms with van der Waals surface area (Å²) in [6.07, 6.45) is 0. The molecule has 4 heteroatoms. The van der Waals surface area contributed by atoms with Crippen molar-refractivity contribution in [2.45, 2.75) is 6.61 Å². The average Bonchev–Trinajstić information content (AvgIpc) is 2.70. The van der Waals surface area contributed by atoms with Crippen LogP contribution in [0.4, 0.5) is 0 Å². The van der Waals surface area contributed by atoms with Gasteiger partial charge < -0.3 is 4.74 Å². The Morgan fingerprint density at radius 2 is 1.80 bits per heavy atom. The van der Waals surface area contributed by atoms with Gasteiger partial charge in [-0.25, -0.2) is 0 Å². The molecule has 0 fully saturated rings. The zero-order valence-electron chi connectivity index (χ0n) is 7.74. The fourth-order valence-corrected chi connectivity index (χ4v) is 2.28. The van der Waals surface area contributed by atoms with Crippen molar-refractivity contribution >= 4 is 34.5 Å². The lowest BCUT2D eigenvalue weighted by atomic mass is 10.3. The molecular formula is C11H8Cl2OS. The van der Waals surface area contributed by atoms with Crippen LogP contribution in [-0.4, -0.2) is 0 Å². The maximum Gasteiger partial charge on any atom is 0.157 e. The molecule has 0 amide bonds. The first-order valence-corrected chi connectivity index (χ1v) is 6.00. The predicted molar refractivity (Wildman–Crippen MR) is 65.1 cm³/mol. The van der Waals surface area contributed by atoms with Crippen LogP contribution < -0.4 is 4.74 Å². The highest BCUT2D eigenvalue weighted by Gasteiger charge is 2.06. The topological polar surface area (TPSA) is 9.23 Å². The third kappa shape index (κ3) is 2.65. The molecule has 15 heavy (non-hydrogen) atoms. The van der Waals surface area contributed by atoms with E-state index in [-0.39, 0.29) is 0 Å². The van der Waals surface area contributed by atoms with E-state index in [0.717, 1.165) is 4.88 Å². The Morgan fingerprint density at radius 1 is 1.07 bits per heavy atom. The minimum Gasteiger partial charge on any atom is -0.485 e. The zero-order chi connectivity index (χ0) is 10.7. The number of rotatable bonds is 3. The molecule has 78 valence electrons. The van der Waals surface area contributed by atoms with Crippen LogP contribution in [0.5, 0.6) is 5.75 Å². The van der Waals surface area contributed by atoms with Crippen LogP contribution in [0.15, 0.2) is 35.7 Å². The summed E-state index contributed by atoms with van der Waals surface area (Å²) in [7, 11) is 0. The largest absolute Gasteiger partial charge is 0.485 e. The Morgan fingerprint density at radius 3 is 2.40 bits per heavy atom. The van der Waals surface area contributed by atoms with Gasteiger partial charge in [0, 0.05) is 4.88 Å². The van der Waals surface area contributed by atoms with E-state index in [2.05, 4.69) is 0 Å². The third-order valence-corrected chi connectivity index (χ3v) is 3.30. The molecule has 0 aliphatic carbocycles. The van der Waals surface area contributed by atoms with Crippen LogP contribution in [0.1, 0.15) is 4.88 Å². The van der Waals surface area contributed by atoms with E-state index in [1.165, 1.54) is 0 Å². The van der Waals surface area contributed by atoms with Crippen molar-refractivity contribution in [1.82, 2.24) is 0 Å². The Balaban J connectivity index is 2.11. The van der Waals surface area contributed by atoms with Gasteiger partial charge >= 0.3 is 0 Å². The molecule has 0 aliphatic heterocycles. The van der Waals surface area contributed by atoms with Crippen molar-refractivity contribution in [3.8, 4) is 5.75 Å². The van der Waals surface area contributed by atoms with E-state index in [4.69, 9.17) is 27.9 Å². The highest BCUT2D eigenvalue weighted by atomic mass is 35.5. The van der Waals surface area contributed by atoms with Gasteiger partial charge in [-0.05, 0) is 23.6 Å². The first-order chi connectivity index (χ1) is 7.27. The van der Waals surface area contributed by atoms with Crippen molar-refractivity contribution in [3.63, 3.8) is 0 Å². The van der Waals surface area contributed by atoms with Crippen LogP contribution >= 0.6 is 34.5 Å². The standard InChI is InChI=1S/C11H8Cl2OS/c12-9-4-1-5-10(13)11(9)14-7-8-3-2-6-15-8/h1-6H,7H2. The van der Waals surface area contributed by atoms with Gasteiger partial charge in [0.2, 0.25) is 0 Å². The molecular weight excluding hydrogens is 251 g/mol. The van der Waals surface area contributed by atoms with Crippen LogP contribution in [0.3, 0.4) is 0 Å². The second-order valence-corrected chi connectivity index (χ2v) is 4.77. The first-order valence-electron chi connectivity index (χ1n) is 4.36. The Labute approximate surface area is 102 Å². The minimum absolute atomic E-state index is 0.501. The van der Waals surface area contributed by atoms with Gasteiger partial charge in [0.1, 0.15) is 6.61 Å². The van der Waals surface area contributed by atoms with E-state index in [1.807, 2.05) is 17.5 Å². The fraction of sp³-hybridized carbons (Fsp3) is 0.0909. The molecule has 1 nitrogen and oxygen atoms in total. The Hall–Kier alpha value is -0.700. The summed E-state index contributed by atoms with van der Waals surface area (Å²) in [5, 5.41) is 3.09. The van der Waals surface area contributed by atoms with Gasteiger partial charge in [0.25, 0.3) is 0 Å². The maximum absolute atomic E-state index is 5.96. The highest BCUT2D eigenvalue weighted by molar-refractivity contribution is 7.09. The van der Waals surface area contributed by atoms with Gasteiger partial charge in [-0.3, -0.25) is 0 Å². The molecule has 2 aromatic rings. The number of hydrogen-bond acceptors (Lipinski definition) is 2. The van der Waals surface area contributed by atoms with Crippen LogP contribution in [0.25, 0.3) is 0 Å². The van der Waals surface area contributed by atoms with Crippen molar-refractivity contribution in [1.29, 1.82) is 0 Å². The molecule has 0 atom stereocenters. The van der Waals surface area contributed by atoms with Crippen molar-refractivity contribution in [2.24, 2.45) is 0 Å². The molecule has 0 saturated heterocycles. The normalized spacial score (nSPS) is 10.3. The molecule has 1 aromatic carbocycles. The highest BCUT2D eigenvalue weighted by Crippen LogP contribution is 2.33. The number of hydrogen-bond donors (Lipinski definition) is 0. The number of para-hydroxylation sites is 1. The van der Waals surface area contributed by atoms with Crippen molar-refractivity contribution < 1.29 is 4.74 Å². The summed E-state index contributed by atoms with van der Waals surface area (Å²) in [6.45, 7) is 0.501. The molecule has 0 unspecified atom stereocenters. The molecule has 0 radical (unpaired) electrons. The summed E-state index contributed by atoms with van der Waals surface area (Å²) in [5.74, 6) is 0.550. The van der Waals surface area contributed by atoms with Gasteiger partial charge in [-0.2, -0.15) is 0 Å². The van der Waals surface area contributed by atoms with Crippen molar-refractivity contribution in [3.05, 3.63) is 50.6 Å². The first kappa shape index (κ1) is 10.8. The summed E-state index contributed by atoms with van der Waals surface area (Å²) in [6, 6.07) is 9.31. The average molecular weight is 259 g/mol. The lowest BCUT2D eigenvalue weighted by molar-refractivity contribution is 0.310. The molecule has 0 aliphatic rings. The maximum atomic E-state index is 5.96. The van der Waals surface area contributed by atoms with Crippen LogP contribution in [0, 0.1) is 0 Å². The van der Waals surface area contributed by atoms with Crippen LogP contribution in [-0.2, 0) is 6.61 Å². The minimum atomic E-state index is 0.501.